The molecule has 0 amide bonds. The highest BCUT2D eigenvalue weighted by atomic mass is 16.5. The molecular formula is C15H17NO5. The van der Waals surface area contributed by atoms with Crippen LogP contribution >= 0.6 is 0 Å². The van der Waals surface area contributed by atoms with Crippen LogP contribution in [0.3, 0.4) is 0 Å². The minimum Gasteiger partial charge on any atom is -0.493 e. The average Bonchev–Trinajstić information content (AvgIpc) is 2.52. The Kier molecular flexibility index (Phi) is 4.16. The molecule has 0 N–H and O–H groups in total. The molecule has 1 atom stereocenters. The van der Waals surface area contributed by atoms with Gasteiger partial charge >= 0.3 is 5.97 Å². The topological polar surface area (TPSA) is 66.8 Å². The predicted octanol–water partition coefficient (Wildman–Crippen LogP) is 1.75. The van der Waals surface area contributed by atoms with Crippen LogP contribution < -0.4 is 14.9 Å². The van der Waals surface area contributed by atoms with Crippen molar-refractivity contribution in [1.29, 1.82) is 0 Å². The summed E-state index contributed by atoms with van der Waals surface area (Å²) in [5.74, 6) is 0.557. The van der Waals surface area contributed by atoms with E-state index in [0.29, 0.717) is 22.4 Å². The maximum atomic E-state index is 12.0. The molecule has 0 radical (unpaired) electrons. The van der Waals surface area contributed by atoms with Crippen molar-refractivity contribution in [3.05, 3.63) is 34.6 Å². The highest BCUT2D eigenvalue weighted by Crippen LogP contribution is 2.31. The average molecular weight is 291 g/mol. The minimum absolute atomic E-state index is 0.153. The molecule has 0 saturated heterocycles. The summed E-state index contributed by atoms with van der Waals surface area (Å²) in [5.41, 5.74) is 0.428. The lowest BCUT2D eigenvalue weighted by molar-refractivity contribution is -0.143. The van der Waals surface area contributed by atoms with Gasteiger partial charge in [0.25, 0.3) is 0 Å². The third-order valence-electron chi connectivity index (χ3n) is 3.39. The molecule has 1 aromatic carbocycles. The number of carbonyl (C=O) groups excluding carboxylic acids is 1. The van der Waals surface area contributed by atoms with Crippen LogP contribution in [0.1, 0.15) is 13.0 Å². The van der Waals surface area contributed by atoms with E-state index in [9.17, 15) is 9.59 Å². The van der Waals surface area contributed by atoms with E-state index in [1.165, 1.54) is 27.4 Å². The van der Waals surface area contributed by atoms with Crippen LogP contribution in [0.15, 0.2) is 29.2 Å². The van der Waals surface area contributed by atoms with Crippen LogP contribution in [0.4, 0.5) is 0 Å². The van der Waals surface area contributed by atoms with E-state index >= 15 is 0 Å². The zero-order valence-electron chi connectivity index (χ0n) is 12.4. The summed E-state index contributed by atoms with van der Waals surface area (Å²) in [6, 6.07) is 4.14. The van der Waals surface area contributed by atoms with Gasteiger partial charge in [-0.3, -0.25) is 4.79 Å². The summed E-state index contributed by atoms with van der Waals surface area (Å²) < 4.78 is 16.9. The van der Waals surface area contributed by atoms with Gasteiger partial charge in [0.2, 0.25) is 0 Å². The molecule has 0 aliphatic heterocycles. The molecule has 21 heavy (non-hydrogen) atoms. The molecule has 112 valence electrons. The third-order valence-corrected chi connectivity index (χ3v) is 3.39. The van der Waals surface area contributed by atoms with Crippen molar-refractivity contribution in [3.63, 3.8) is 0 Å². The van der Waals surface area contributed by atoms with Gasteiger partial charge in [-0.2, -0.15) is 0 Å². The number of nitrogens with zero attached hydrogens (tertiary/aromatic N) is 1. The second-order valence-electron chi connectivity index (χ2n) is 4.51. The summed E-state index contributed by atoms with van der Waals surface area (Å²) in [5, 5.41) is 0.450. The lowest BCUT2D eigenvalue weighted by Crippen LogP contribution is -2.20. The SMILES string of the molecule is COC(=O)[C@@H](C)n1ccc(=O)c2cc(OC)c(OC)cc21. The van der Waals surface area contributed by atoms with Crippen molar-refractivity contribution in [2.24, 2.45) is 0 Å². The predicted molar refractivity (Wildman–Crippen MR) is 78.0 cm³/mol. The Hall–Kier alpha value is -2.50. The monoisotopic (exact) mass is 291 g/mol. The first-order valence-corrected chi connectivity index (χ1v) is 6.38. The molecular weight excluding hydrogens is 274 g/mol. The van der Waals surface area contributed by atoms with Gasteiger partial charge in [0.1, 0.15) is 6.04 Å². The third kappa shape index (κ3) is 2.56. The summed E-state index contributed by atoms with van der Waals surface area (Å²) in [6.45, 7) is 1.70. The summed E-state index contributed by atoms with van der Waals surface area (Å²) in [7, 11) is 4.34. The quantitative estimate of drug-likeness (QED) is 0.803. The Labute approximate surface area is 121 Å². The zero-order valence-corrected chi connectivity index (χ0v) is 12.4. The van der Waals surface area contributed by atoms with E-state index in [0.717, 1.165) is 0 Å². The number of ether oxygens (including phenoxy) is 3. The van der Waals surface area contributed by atoms with Crippen LogP contribution in [0.25, 0.3) is 10.9 Å². The largest absolute Gasteiger partial charge is 0.493 e. The fraction of sp³-hybridized carbons (Fsp3) is 0.333. The van der Waals surface area contributed by atoms with Crippen molar-refractivity contribution in [2.75, 3.05) is 21.3 Å². The molecule has 0 unspecified atom stereocenters. The second kappa shape index (κ2) is 5.87. The van der Waals surface area contributed by atoms with E-state index in [4.69, 9.17) is 14.2 Å². The number of rotatable bonds is 4. The van der Waals surface area contributed by atoms with E-state index in [2.05, 4.69) is 0 Å². The molecule has 0 fully saturated rings. The number of fused-ring (bicyclic) bond motifs is 1. The van der Waals surface area contributed by atoms with Gasteiger partial charge in [-0.05, 0) is 13.0 Å². The molecule has 2 aromatic rings. The van der Waals surface area contributed by atoms with Gasteiger partial charge in [-0.1, -0.05) is 0 Å². The van der Waals surface area contributed by atoms with E-state index in [1.54, 1.807) is 29.8 Å². The van der Waals surface area contributed by atoms with Crippen LogP contribution in [0, 0.1) is 0 Å². The van der Waals surface area contributed by atoms with Crippen molar-refractivity contribution in [2.45, 2.75) is 13.0 Å². The normalized spacial score (nSPS) is 12.0. The lowest BCUT2D eigenvalue weighted by Gasteiger charge is -2.18. The summed E-state index contributed by atoms with van der Waals surface area (Å²) in [4.78, 5) is 23.8. The van der Waals surface area contributed by atoms with Gasteiger partial charge < -0.3 is 18.8 Å². The maximum absolute atomic E-state index is 12.0. The smallest absolute Gasteiger partial charge is 0.328 e. The van der Waals surface area contributed by atoms with Crippen molar-refractivity contribution < 1.29 is 19.0 Å². The number of benzene rings is 1. The highest BCUT2D eigenvalue weighted by molar-refractivity contribution is 5.85. The van der Waals surface area contributed by atoms with Gasteiger partial charge in [-0.15, -0.1) is 0 Å². The summed E-state index contributed by atoms with van der Waals surface area (Å²) >= 11 is 0. The van der Waals surface area contributed by atoms with Crippen LogP contribution in [0.2, 0.25) is 0 Å². The van der Waals surface area contributed by atoms with Crippen LogP contribution in [-0.4, -0.2) is 31.9 Å². The fourth-order valence-electron chi connectivity index (χ4n) is 2.22. The Morgan fingerprint density at radius 1 is 1.14 bits per heavy atom. The number of hydrogen-bond donors (Lipinski definition) is 0. The number of methoxy groups -OCH3 is 3. The molecule has 1 heterocycles. The standard InChI is InChI=1S/C15H17NO5/c1-9(15(18)21-4)16-6-5-12(17)10-7-13(19-2)14(20-3)8-11(10)16/h5-9H,1-4H3/t9-/m1/s1. The van der Waals surface area contributed by atoms with Crippen molar-refractivity contribution in [1.82, 2.24) is 4.57 Å². The number of pyridine rings is 1. The summed E-state index contributed by atoms with van der Waals surface area (Å²) in [6.07, 6.45) is 1.57. The zero-order chi connectivity index (χ0) is 15.6. The molecule has 0 aliphatic carbocycles. The minimum atomic E-state index is -0.559. The van der Waals surface area contributed by atoms with Gasteiger partial charge in [0.15, 0.2) is 16.9 Å². The molecule has 0 bridgehead atoms. The molecule has 6 nitrogen and oxygen atoms in total. The second-order valence-corrected chi connectivity index (χ2v) is 4.51. The van der Waals surface area contributed by atoms with Gasteiger partial charge in [-0.25, -0.2) is 4.79 Å². The highest BCUT2D eigenvalue weighted by Gasteiger charge is 2.18. The van der Waals surface area contributed by atoms with E-state index in [1.807, 2.05) is 0 Å². The molecule has 2 rings (SSSR count). The molecule has 0 spiro atoms. The fourth-order valence-corrected chi connectivity index (χ4v) is 2.22. The first kappa shape index (κ1) is 14.9. The van der Waals surface area contributed by atoms with Crippen molar-refractivity contribution >= 4 is 16.9 Å². The Balaban J connectivity index is 2.77. The van der Waals surface area contributed by atoms with Crippen molar-refractivity contribution in [3.8, 4) is 11.5 Å². The maximum Gasteiger partial charge on any atom is 0.328 e. The van der Waals surface area contributed by atoms with Crippen LogP contribution in [0.5, 0.6) is 11.5 Å². The van der Waals surface area contributed by atoms with Gasteiger partial charge in [0.05, 0.1) is 26.8 Å². The first-order valence-electron chi connectivity index (χ1n) is 6.38. The molecule has 0 aliphatic rings. The Bertz CT molecular complexity index is 735. The number of aromatic nitrogens is 1. The van der Waals surface area contributed by atoms with E-state index in [-0.39, 0.29) is 5.43 Å². The number of carbonyl (C=O) groups is 1. The molecule has 1 aromatic heterocycles. The first-order chi connectivity index (χ1) is 10.0. The Morgan fingerprint density at radius 3 is 2.33 bits per heavy atom. The van der Waals surface area contributed by atoms with Crippen LogP contribution in [-0.2, 0) is 9.53 Å². The number of hydrogen-bond acceptors (Lipinski definition) is 5. The molecule has 6 heteroatoms. The van der Waals surface area contributed by atoms with Gasteiger partial charge in [0, 0.05) is 23.7 Å². The van der Waals surface area contributed by atoms with E-state index < -0.39 is 12.0 Å². The lowest BCUT2D eigenvalue weighted by atomic mass is 10.1. The number of esters is 1. The Morgan fingerprint density at radius 2 is 1.76 bits per heavy atom. The molecule has 0 saturated carbocycles.